The molecule has 2 aromatic rings. The fourth-order valence-electron chi connectivity index (χ4n) is 4.23. The number of benzene rings is 1. The molecule has 1 saturated carbocycles. The molecule has 1 fully saturated rings. The number of ketones is 1. The first kappa shape index (κ1) is 24.1. The monoisotopic (exact) mass is 452 g/mol. The number of aliphatic hydroxyl groups excluding tert-OH is 1. The highest BCUT2D eigenvalue weighted by atomic mass is 32.1. The molecule has 1 heterocycles. The molecule has 5 heteroatoms. The van der Waals surface area contributed by atoms with Gasteiger partial charge in [0.1, 0.15) is 5.78 Å². The Bertz CT molecular complexity index is 967. The number of rotatable bonds is 12. The summed E-state index contributed by atoms with van der Waals surface area (Å²) >= 11 is 1.81. The summed E-state index contributed by atoms with van der Waals surface area (Å²) in [5, 5.41) is 20.4. The molecule has 0 radical (unpaired) electrons. The van der Waals surface area contributed by atoms with Gasteiger partial charge < -0.3 is 10.2 Å². The van der Waals surface area contributed by atoms with Crippen LogP contribution >= 0.6 is 11.3 Å². The number of carbonyl (C=O) groups excluding carboxylic acids is 1. The van der Waals surface area contributed by atoms with Gasteiger partial charge in [-0.1, -0.05) is 54.7 Å². The quantitative estimate of drug-likeness (QED) is 0.301. The fourth-order valence-corrected chi connectivity index (χ4v) is 5.33. The van der Waals surface area contributed by atoms with E-state index in [2.05, 4.69) is 36.9 Å². The van der Waals surface area contributed by atoms with Gasteiger partial charge in [-0.15, -0.1) is 11.3 Å². The van der Waals surface area contributed by atoms with Crippen LogP contribution in [0.3, 0.4) is 0 Å². The Morgan fingerprint density at radius 1 is 1.25 bits per heavy atom. The van der Waals surface area contributed by atoms with Crippen molar-refractivity contribution in [2.45, 2.75) is 57.5 Å². The van der Waals surface area contributed by atoms with E-state index in [9.17, 15) is 14.7 Å². The van der Waals surface area contributed by atoms with Crippen LogP contribution in [0.4, 0.5) is 0 Å². The van der Waals surface area contributed by atoms with E-state index in [0.717, 1.165) is 18.4 Å². The van der Waals surface area contributed by atoms with Crippen LogP contribution in [0.2, 0.25) is 0 Å². The molecule has 0 aliphatic heterocycles. The highest BCUT2D eigenvalue weighted by Crippen LogP contribution is 2.36. The third-order valence-electron chi connectivity index (χ3n) is 5.98. The Labute approximate surface area is 194 Å². The lowest BCUT2D eigenvalue weighted by molar-refractivity contribution is -0.137. The maximum atomic E-state index is 12.4. The molecule has 0 unspecified atom stereocenters. The molecule has 170 valence electrons. The number of aliphatic hydroxyl groups is 1. The lowest BCUT2D eigenvalue weighted by atomic mass is 9.89. The molecule has 4 nitrogen and oxygen atoms in total. The summed E-state index contributed by atoms with van der Waals surface area (Å²) in [5.41, 5.74) is 0.910. The van der Waals surface area contributed by atoms with E-state index in [1.54, 1.807) is 0 Å². The van der Waals surface area contributed by atoms with E-state index in [0.29, 0.717) is 32.1 Å². The first-order valence-corrected chi connectivity index (χ1v) is 12.2. The maximum absolute atomic E-state index is 12.4. The molecule has 1 aliphatic rings. The Hall–Kier alpha value is -2.50. The molecular formula is C27H32O4S. The number of aryl methyl sites for hydroxylation is 1. The molecule has 3 atom stereocenters. The lowest BCUT2D eigenvalue weighted by Crippen LogP contribution is -2.13. The van der Waals surface area contributed by atoms with Gasteiger partial charge in [0.2, 0.25) is 0 Å². The summed E-state index contributed by atoms with van der Waals surface area (Å²) in [6, 6.07) is 10.6. The first-order valence-electron chi connectivity index (χ1n) is 11.3. The summed E-state index contributed by atoms with van der Waals surface area (Å²) in [6.45, 7) is 4.07. The van der Waals surface area contributed by atoms with E-state index in [1.807, 2.05) is 35.6 Å². The van der Waals surface area contributed by atoms with Crippen molar-refractivity contribution in [1.29, 1.82) is 0 Å². The number of thiophene rings is 1. The van der Waals surface area contributed by atoms with Crippen molar-refractivity contribution in [2.24, 2.45) is 11.8 Å². The van der Waals surface area contributed by atoms with Gasteiger partial charge in [0.15, 0.2) is 0 Å². The minimum Gasteiger partial charge on any atom is -0.481 e. The van der Waals surface area contributed by atoms with Gasteiger partial charge in [-0.3, -0.25) is 9.59 Å². The predicted molar refractivity (Wildman–Crippen MR) is 131 cm³/mol. The zero-order chi connectivity index (χ0) is 22.9. The van der Waals surface area contributed by atoms with E-state index in [-0.39, 0.29) is 24.0 Å². The van der Waals surface area contributed by atoms with Gasteiger partial charge >= 0.3 is 5.97 Å². The Kier molecular flexibility index (Phi) is 9.00. The molecule has 0 bridgehead atoms. The molecule has 1 aromatic heterocycles. The number of allylic oxidation sites excluding steroid dienone is 4. The zero-order valence-electron chi connectivity index (χ0n) is 18.4. The summed E-state index contributed by atoms with van der Waals surface area (Å²) in [5.74, 6) is -0.768. The molecular weight excluding hydrogens is 420 g/mol. The number of hydrogen-bond acceptors (Lipinski definition) is 4. The largest absolute Gasteiger partial charge is 0.481 e. The molecule has 3 rings (SSSR count). The number of fused-ring (bicyclic) bond motifs is 1. The number of aliphatic carboxylic acids is 1. The summed E-state index contributed by atoms with van der Waals surface area (Å²) in [4.78, 5) is 24.3. The van der Waals surface area contributed by atoms with E-state index in [4.69, 9.17) is 5.11 Å². The number of unbranched alkanes of at least 4 members (excludes halogenated alkanes) is 1. The summed E-state index contributed by atoms with van der Waals surface area (Å²) < 4.78 is 1.30. The highest BCUT2D eigenvalue weighted by Gasteiger charge is 2.34. The van der Waals surface area contributed by atoms with E-state index >= 15 is 0 Å². The molecule has 2 N–H and O–H groups in total. The molecule has 1 aromatic carbocycles. The van der Waals surface area contributed by atoms with Gasteiger partial charge in [-0.25, -0.2) is 0 Å². The van der Waals surface area contributed by atoms with Crippen LogP contribution < -0.4 is 0 Å². The van der Waals surface area contributed by atoms with Gasteiger partial charge in [-0.2, -0.15) is 0 Å². The lowest BCUT2D eigenvalue weighted by Gasteiger charge is -2.14. The first-order chi connectivity index (χ1) is 15.4. The van der Waals surface area contributed by atoms with Crippen molar-refractivity contribution in [3.05, 3.63) is 71.7 Å². The minimum atomic E-state index is -0.784. The van der Waals surface area contributed by atoms with Crippen molar-refractivity contribution in [1.82, 2.24) is 0 Å². The predicted octanol–water partition coefficient (Wildman–Crippen LogP) is 6.10. The summed E-state index contributed by atoms with van der Waals surface area (Å²) in [7, 11) is 0. The Morgan fingerprint density at radius 2 is 2.06 bits per heavy atom. The van der Waals surface area contributed by atoms with Crippen molar-refractivity contribution in [3.63, 3.8) is 0 Å². The molecule has 0 spiro atoms. The van der Waals surface area contributed by atoms with Crippen LogP contribution in [0.15, 0.2) is 66.8 Å². The molecule has 32 heavy (non-hydrogen) atoms. The topological polar surface area (TPSA) is 74.6 Å². The van der Waals surface area contributed by atoms with Gasteiger partial charge in [0.25, 0.3) is 0 Å². The van der Waals surface area contributed by atoms with Crippen LogP contribution in [-0.4, -0.2) is 28.1 Å². The molecule has 0 amide bonds. The number of hydrogen-bond donors (Lipinski definition) is 2. The number of carbonyl (C=O) groups is 2. The number of Topliss-reactive ketones (excluding diaryl/α,β-unsaturated/α-hetero) is 1. The van der Waals surface area contributed by atoms with E-state index < -0.39 is 12.1 Å². The Morgan fingerprint density at radius 3 is 2.84 bits per heavy atom. The standard InChI is InChI=1S/C27H32O4S/c1-19-17-25(29)24(12-4-2-3-5-14-27(30)31)23(19)16-15-21(28)10-8-11-22-18-20-9-6-7-13-26(20)32-22/h2,4,6-7,9,13,15-16,18,21,23-24,28H,1,3,5,8,10-12,14,17H2,(H,30,31)/b4-2-,16-15+/t21-,23-,24+/m0/s1. The molecule has 0 saturated heterocycles. The van der Waals surface area contributed by atoms with Crippen LogP contribution in [-0.2, 0) is 16.0 Å². The number of carboxylic acid groups (broad SMARTS) is 1. The third kappa shape index (κ3) is 7.01. The summed E-state index contributed by atoms with van der Waals surface area (Å²) in [6.07, 6.45) is 12.2. The second-order valence-corrected chi connectivity index (χ2v) is 9.69. The second kappa shape index (κ2) is 11.9. The van der Waals surface area contributed by atoms with Crippen molar-refractivity contribution in [3.8, 4) is 0 Å². The van der Waals surface area contributed by atoms with E-state index in [1.165, 1.54) is 15.0 Å². The Balaban J connectivity index is 1.45. The van der Waals surface area contributed by atoms with Crippen LogP contribution in [0, 0.1) is 11.8 Å². The van der Waals surface area contributed by atoms with Crippen molar-refractivity contribution in [2.75, 3.05) is 0 Å². The number of carboxylic acids is 1. The highest BCUT2D eigenvalue weighted by molar-refractivity contribution is 7.19. The van der Waals surface area contributed by atoms with Crippen molar-refractivity contribution >= 4 is 33.2 Å². The maximum Gasteiger partial charge on any atom is 0.303 e. The van der Waals surface area contributed by atoms with Crippen molar-refractivity contribution < 1.29 is 19.8 Å². The van der Waals surface area contributed by atoms with Crippen LogP contribution in [0.5, 0.6) is 0 Å². The van der Waals surface area contributed by atoms with Gasteiger partial charge in [0, 0.05) is 34.3 Å². The second-order valence-electron chi connectivity index (χ2n) is 8.52. The fraction of sp³-hybridized carbons (Fsp3) is 0.407. The zero-order valence-corrected chi connectivity index (χ0v) is 19.2. The third-order valence-corrected chi connectivity index (χ3v) is 7.15. The normalized spacial score (nSPS) is 20.2. The average molecular weight is 453 g/mol. The minimum absolute atomic E-state index is 0.0385. The SMILES string of the molecule is C=C1CC(=O)[C@H](C/C=C\CCCC(=O)O)[C@H]1/C=C/[C@@H](O)CCCc1cc2ccccc2s1. The van der Waals surface area contributed by atoms with Crippen LogP contribution in [0.25, 0.3) is 10.1 Å². The average Bonchev–Trinajstić information content (AvgIpc) is 3.28. The van der Waals surface area contributed by atoms with Gasteiger partial charge in [-0.05, 0) is 56.0 Å². The smallest absolute Gasteiger partial charge is 0.303 e. The van der Waals surface area contributed by atoms with Crippen LogP contribution in [0.1, 0.15) is 49.8 Å². The molecule has 1 aliphatic carbocycles. The van der Waals surface area contributed by atoms with Gasteiger partial charge in [0.05, 0.1) is 6.10 Å².